The molecule has 1 aliphatic rings. The molecule has 1 atom stereocenters. The van der Waals surface area contributed by atoms with Gasteiger partial charge in [0, 0.05) is 19.0 Å². The third kappa shape index (κ3) is 3.90. The highest BCUT2D eigenvalue weighted by molar-refractivity contribution is 5.53. The Kier molecular flexibility index (Phi) is 4.41. The molecule has 0 bridgehead atoms. The van der Waals surface area contributed by atoms with E-state index in [1.807, 2.05) is 0 Å². The molecule has 104 valence electrons. The minimum absolute atomic E-state index is 0.215. The summed E-state index contributed by atoms with van der Waals surface area (Å²) in [5.41, 5.74) is 2.94. The zero-order valence-electron chi connectivity index (χ0n) is 12.4. The molecule has 0 amide bonds. The van der Waals surface area contributed by atoms with Crippen LogP contribution in [0.15, 0.2) is 24.3 Å². The van der Waals surface area contributed by atoms with Crippen molar-refractivity contribution in [3.8, 4) is 0 Å². The molecule has 19 heavy (non-hydrogen) atoms. The van der Waals surface area contributed by atoms with Crippen LogP contribution in [0.1, 0.15) is 44.7 Å². The van der Waals surface area contributed by atoms with E-state index in [-0.39, 0.29) is 11.3 Å². The van der Waals surface area contributed by atoms with Crippen LogP contribution in [0.4, 0.5) is 0 Å². The molecule has 0 spiro atoms. The molecule has 1 unspecified atom stereocenters. The van der Waals surface area contributed by atoms with E-state index in [0.717, 1.165) is 38.8 Å². The van der Waals surface area contributed by atoms with Crippen molar-refractivity contribution in [1.29, 1.82) is 0 Å². The molecule has 2 heteroatoms. The van der Waals surface area contributed by atoms with Crippen molar-refractivity contribution < 1.29 is 4.79 Å². The highest BCUT2D eigenvalue weighted by Crippen LogP contribution is 2.23. The van der Waals surface area contributed by atoms with Gasteiger partial charge in [0.05, 0.1) is 0 Å². The minimum Gasteiger partial charge on any atom is -0.303 e. The lowest BCUT2D eigenvalue weighted by molar-refractivity contribution is -0.112. The first-order valence-corrected chi connectivity index (χ1v) is 7.26. The van der Waals surface area contributed by atoms with E-state index in [1.165, 1.54) is 11.1 Å². The molecule has 0 aromatic heterocycles. The van der Waals surface area contributed by atoms with Gasteiger partial charge >= 0.3 is 0 Å². The average molecular weight is 259 g/mol. The van der Waals surface area contributed by atoms with Crippen molar-refractivity contribution in [1.82, 2.24) is 4.90 Å². The van der Waals surface area contributed by atoms with E-state index in [9.17, 15) is 4.79 Å². The molecule has 1 heterocycles. The van der Waals surface area contributed by atoms with Crippen molar-refractivity contribution in [2.24, 2.45) is 5.92 Å². The Morgan fingerprint density at radius 1 is 1.26 bits per heavy atom. The molecular weight excluding hydrogens is 234 g/mol. The van der Waals surface area contributed by atoms with Gasteiger partial charge in [0.1, 0.15) is 6.29 Å². The number of piperidine rings is 1. The number of aldehydes is 1. The topological polar surface area (TPSA) is 20.3 Å². The van der Waals surface area contributed by atoms with Crippen LogP contribution in [0.5, 0.6) is 0 Å². The van der Waals surface area contributed by atoms with E-state index in [0.29, 0.717) is 0 Å². The summed E-state index contributed by atoms with van der Waals surface area (Å²) in [6.07, 6.45) is 3.32. The van der Waals surface area contributed by atoms with Gasteiger partial charge in [0.2, 0.25) is 0 Å². The van der Waals surface area contributed by atoms with Gasteiger partial charge < -0.3 is 4.79 Å². The summed E-state index contributed by atoms with van der Waals surface area (Å²) >= 11 is 0. The monoisotopic (exact) mass is 259 g/mol. The molecule has 0 saturated carbocycles. The second kappa shape index (κ2) is 5.87. The Hall–Kier alpha value is -1.15. The fourth-order valence-corrected chi connectivity index (χ4v) is 2.71. The molecule has 1 aromatic carbocycles. The van der Waals surface area contributed by atoms with Gasteiger partial charge in [-0.3, -0.25) is 4.90 Å². The Bertz CT molecular complexity index is 416. The highest BCUT2D eigenvalue weighted by atomic mass is 16.1. The maximum atomic E-state index is 10.9. The van der Waals surface area contributed by atoms with Crippen LogP contribution >= 0.6 is 0 Å². The Labute approximate surface area is 116 Å². The van der Waals surface area contributed by atoms with Gasteiger partial charge in [-0.1, -0.05) is 45.0 Å². The van der Waals surface area contributed by atoms with Crippen molar-refractivity contribution >= 4 is 6.29 Å². The standard InChI is InChI=1S/C17H25NO/c1-17(2,3)16-8-6-14(7-9-16)11-18-10-4-5-15(12-18)13-19/h6-9,13,15H,4-5,10-12H2,1-3H3. The molecule has 2 nitrogen and oxygen atoms in total. The molecule has 1 saturated heterocycles. The lowest BCUT2D eigenvalue weighted by Gasteiger charge is -2.30. The fourth-order valence-electron chi connectivity index (χ4n) is 2.71. The minimum atomic E-state index is 0.215. The zero-order valence-corrected chi connectivity index (χ0v) is 12.4. The van der Waals surface area contributed by atoms with Crippen LogP contribution in [0.25, 0.3) is 0 Å². The maximum Gasteiger partial charge on any atom is 0.124 e. The summed E-state index contributed by atoms with van der Waals surface area (Å²) in [6, 6.07) is 8.92. The van der Waals surface area contributed by atoms with Crippen molar-refractivity contribution in [3.05, 3.63) is 35.4 Å². The first kappa shape index (κ1) is 14.3. The van der Waals surface area contributed by atoms with E-state index >= 15 is 0 Å². The van der Waals surface area contributed by atoms with Gasteiger partial charge in [-0.2, -0.15) is 0 Å². The average Bonchev–Trinajstić information content (AvgIpc) is 2.38. The second-order valence-electron chi connectivity index (χ2n) is 6.72. The number of hydrogen-bond donors (Lipinski definition) is 0. The van der Waals surface area contributed by atoms with Gasteiger partial charge in [-0.05, 0) is 35.9 Å². The summed E-state index contributed by atoms with van der Waals surface area (Å²) in [5, 5.41) is 0. The number of carbonyl (C=O) groups is 1. The number of carbonyl (C=O) groups excluding carboxylic acids is 1. The third-order valence-corrected chi connectivity index (χ3v) is 3.96. The smallest absolute Gasteiger partial charge is 0.124 e. The van der Waals surface area contributed by atoms with Gasteiger partial charge in [0.25, 0.3) is 0 Å². The van der Waals surface area contributed by atoms with E-state index in [1.54, 1.807) is 0 Å². The third-order valence-electron chi connectivity index (χ3n) is 3.96. The number of nitrogens with zero attached hydrogens (tertiary/aromatic N) is 1. The van der Waals surface area contributed by atoms with Crippen LogP contribution < -0.4 is 0 Å². The SMILES string of the molecule is CC(C)(C)c1ccc(CN2CCCC(C=O)C2)cc1. The van der Waals surface area contributed by atoms with Gasteiger partial charge in [-0.25, -0.2) is 0 Å². The van der Waals surface area contributed by atoms with Gasteiger partial charge in [-0.15, -0.1) is 0 Å². The number of hydrogen-bond acceptors (Lipinski definition) is 2. The maximum absolute atomic E-state index is 10.9. The Morgan fingerprint density at radius 3 is 2.53 bits per heavy atom. The Morgan fingerprint density at radius 2 is 1.95 bits per heavy atom. The molecule has 0 radical (unpaired) electrons. The molecule has 1 aliphatic heterocycles. The van der Waals surface area contributed by atoms with E-state index in [4.69, 9.17) is 0 Å². The first-order chi connectivity index (χ1) is 8.99. The second-order valence-corrected chi connectivity index (χ2v) is 6.72. The number of rotatable bonds is 3. The quantitative estimate of drug-likeness (QED) is 0.775. The van der Waals surface area contributed by atoms with Crippen LogP contribution in [0.3, 0.4) is 0 Å². The summed E-state index contributed by atoms with van der Waals surface area (Å²) in [4.78, 5) is 13.3. The molecule has 1 fully saturated rings. The van der Waals surface area contributed by atoms with Gasteiger partial charge in [0.15, 0.2) is 0 Å². The molecule has 2 rings (SSSR count). The highest BCUT2D eigenvalue weighted by Gasteiger charge is 2.19. The largest absolute Gasteiger partial charge is 0.303 e. The van der Waals surface area contributed by atoms with E-state index < -0.39 is 0 Å². The van der Waals surface area contributed by atoms with Crippen LogP contribution in [0, 0.1) is 5.92 Å². The predicted octanol–water partition coefficient (Wildman–Crippen LogP) is 3.40. The summed E-state index contributed by atoms with van der Waals surface area (Å²) in [6.45, 7) is 9.72. The van der Waals surface area contributed by atoms with Crippen LogP contribution in [-0.4, -0.2) is 24.3 Å². The summed E-state index contributed by atoms with van der Waals surface area (Å²) < 4.78 is 0. The predicted molar refractivity (Wildman–Crippen MR) is 79.2 cm³/mol. The molecule has 0 aliphatic carbocycles. The lowest BCUT2D eigenvalue weighted by atomic mass is 9.86. The first-order valence-electron chi connectivity index (χ1n) is 7.26. The fraction of sp³-hybridized carbons (Fsp3) is 0.588. The number of likely N-dealkylation sites (tertiary alicyclic amines) is 1. The Balaban J connectivity index is 1.98. The number of benzene rings is 1. The molecule has 0 N–H and O–H groups in total. The van der Waals surface area contributed by atoms with E-state index in [2.05, 4.69) is 49.9 Å². The van der Waals surface area contributed by atoms with Crippen molar-refractivity contribution in [2.45, 2.75) is 45.6 Å². The van der Waals surface area contributed by atoms with Crippen LogP contribution in [-0.2, 0) is 16.8 Å². The van der Waals surface area contributed by atoms with Crippen molar-refractivity contribution in [2.75, 3.05) is 13.1 Å². The van der Waals surface area contributed by atoms with Crippen molar-refractivity contribution in [3.63, 3.8) is 0 Å². The zero-order chi connectivity index (χ0) is 13.9. The summed E-state index contributed by atoms with van der Waals surface area (Å²) in [5.74, 6) is 0.239. The molecular formula is C17H25NO. The summed E-state index contributed by atoms with van der Waals surface area (Å²) in [7, 11) is 0. The molecule has 1 aromatic rings. The lowest BCUT2D eigenvalue weighted by Crippen LogP contribution is -2.35. The van der Waals surface area contributed by atoms with Crippen LogP contribution in [0.2, 0.25) is 0 Å². The normalized spacial score (nSPS) is 21.3.